The topological polar surface area (TPSA) is 34.1 Å². The van der Waals surface area contributed by atoms with Gasteiger partial charge in [0.1, 0.15) is 18.2 Å². The van der Waals surface area contributed by atoms with Crippen molar-refractivity contribution in [3.63, 3.8) is 0 Å². The highest BCUT2D eigenvalue weighted by Crippen LogP contribution is 2.19. The molecule has 3 nitrogen and oxygen atoms in total. The number of pyridine rings is 1. The molecule has 0 amide bonds. The minimum atomic E-state index is -0.237. The Morgan fingerprint density at radius 3 is 2.50 bits per heavy atom. The summed E-state index contributed by atoms with van der Waals surface area (Å²) in [5.41, 5.74) is 3.17. The van der Waals surface area contributed by atoms with Gasteiger partial charge >= 0.3 is 0 Å². The van der Waals surface area contributed by atoms with E-state index in [0.29, 0.717) is 13.2 Å². The third-order valence-corrected chi connectivity index (χ3v) is 3.65. The molecule has 1 heterocycles. The lowest BCUT2D eigenvalue weighted by Crippen LogP contribution is -2.13. The number of para-hydroxylation sites is 1. The molecule has 0 aliphatic carbocycles. The van der Waals surface area contributed by atoms with Crippen LogP contribution >= 0.6 is 0 Å². The minimum Gasteiger partial charge on any atom is -0.489 e. The first-order valence-electron chi connectivity index (χ1n) is 7.86. The first-order valence-corrected chi connectivity index (χ1v) is 7.86. The van der Waals surface area contributed by atoms with E-state index in [1.165, 1.54) is 12.1 Å². The van der Waals surface area contributed by atoms with Gasteiger partial charge in [-0.1, -0.05) is 36.4 Å². The molecule has 4 heteroatoms. The summed E-state index contributed by atoms with van der Waals surface area (Å²) in [7, 11) is 0. The van der Waals surface area contributed by atoms with Crippen LogP contribution in [0.5, 0.6) is 5.75 Å². The fourth-order valence-corrected chi connectivity index (χ4v) is 2.38. The van der Waals surface area contributed by atoms with Gasteiger partial charge in [0.25, 0.3) is 0 Å². The van der Waals surface area contributed by atoms with Crippen LogP contribution in [0, 0.1) is 5.82 Å². The van der Waals surface area contributed by atoms with Crippen molar-refractivity contribution in [3.8, 4) is 5.75 Å². The Labute approximate surface area is 141 Å². The standard InChI is InChI=1S/C20H19FN2O/c21-19-9-7-16(8-10-19)15-24-20-6-2-1-5-18(20)14-23-13-17-4-3-11-22-12-17/h1-12,23H,13-15H2. The maximum absolute atomic E-state index is 12.9. The molecule has 0 unspecified atom stereocenters. The highest BCUT2D eigenvalue weighted by atomic mass is 19.1. The van der Waals surface area contributed by atoms with E-state index >= 15 is 0 Å². The summed E-state index contributed by atoms with van der Waals surface area (Å²) in [6.45, 7) is 1.87. The summed E-state index contributed by atoms with van der Waals surface area (Å²) < 4.78 is 18.8. The van der Waals surface area contributed by atoms with Crippen LogP contribution in [0.2, 0.25) is 0 Å². The third kappa shape index (κ3) is 4.64. The van der Waals surface area contributed by atoms with Gasteiger partial charge in [-0.3, -0.25) is 4.98 Å². The van der Waals surface area contributed by atoms with Gasteiger partial charge in [0.2, 0.25) is 0 Å². The van der Waals surface area contributed by atoms with Gasteiger partial charge in [0.05, 0.1) is 0 Å². The number of benzene rings is 2. The lowest BCUT2D eigenvalue weighted by molar-refractivity contribution is 0.302. The van der Waals surface area contributed by atoms with Crippen LogP contribution in [0.1, 0.15) is 16.7 Å². The zero-order valence-electron chi connectivity index (χ0n) is 13.3. The Balaban J connectivity index is 1.57. The van der Waals surface area contributed by atoms with E-state index in [1.807, 2.05) is 42.6 Å². The van der Waals surface area contributed by atoms with E-state index < -0.39 is 0 Å². The molecule has 24 heavy (non-hydrogen) atoms. The highest BCUT2D eigenvalue weighted by Gasteiger charge is 2.04. The van der Waals surface area contributed by atoms with Gasteiger partial charge in [0, 0.05) is 31.0 Å². The second kappa shape index (κ2) is 8.22. The smallest absolute Gasteiger partial charge is 0.124 e. The predicted molar refractivity (Wildman–Crippen MR) is 92.0 cm³/mol. The van der Waals surface area contributed by atoms with Gasteiger partial charge in [-0.15, -0.1) is 0 Å². The average Bonchev–Trinajstić information content (AvgIpc) is 2.63. The van der Waals surface area contributed by atoms with Gasteiger partial charge < -0.3 is 10.1 Å². The Hall–Kier alpha value is -2.72. The van der Waals surface area contributed by atoms with Crippen molar-refractivity contribution in [3.05, 3.63) is 95.6 Å². The summed E-state index contributed by atoms with van der Waals surface area (Å²) >= 11 is 0. The first kappa shape index (κ1) is 16.1. The maximum atomic E-state index is 12.9. The van der Waals surface area contributed by atoms with E-state index in [9.17, 15) is 4.39 Å². The van der Waals surface area contributed by atoms with Crippen molar-refractivity contribution in [1.29, 1.82) is 0 Å². The van der Waals surface area contributed by atoms with Gasteiger partial charge in [-0.05, 0) is 35.4 Å². The number of rotatable bonds is 7. The van der Waals surface area contributed by atoms with E-state index in [4.69, 9.17) is 4.74 Å². The molecule has 0 radical (unpaired) electrons. The summed E-state index contributed by atoms with van der Waals surface area (Å²) in [5.74, 6) is 0.597. The second-order valence-corrected chi connectivity index (χ2v) is 5.49. The third-order valence-electron chi connectivity index (χ3n) is 3.65. The lowest BCUT2D eigenvalue weighted by Gasteiger charge is -2.12. The molecule has 0 saturated heterocycles. The molecule has 1 aromatic heterocycles. The summed E-state index contributed by atoms with van der Waals surface area (Å²) in [6, 6.07) is 18.3. The fourth-order valence-electron chi connectivity index (χ4n) is 2.38. The molecule has 3 rings (SSSR count). The normalized spacial score (nSPS) is 10.5. The number of ether oxygens (including phenoxy) is 1. The van der Waals surface area contributed by atoms with Crippen LogP contribution in [0.3, 0.4) is 0 Å². The molecule has 0 aliphatic rings. The number of hydrogen-bond donors (Lipinski definition) is 1. The van der Waals surface area contributed by atoms with E-state index in [0.717, 1.165) is 29.0 Å². The van der Waals surface area contributed by atoms with E-state index in [-0.39, 0.29) is 5.82 Å². The van der Waals surface area contributed by atoms with Crippen molar-refractivity contribution in [2.45, 2.75) is 19.7 Å². The SMILES string of the molecule is Fc1ccc(COc2ccccc2CNCc2cccnc2)cc1. The molecule has 0 fully saturated rings. The van der Waals surface area contributed by atoms with Crippen molar-refractivity contribution in [2.75, 3.05) is 0 Å². The Morgan fingerprint density at radius 1 is 0.875 bits per heavy atom. The van der Waals surface area contributed by atoms with Gasteiger partial charge in [0.15, 0.2) is 0 Å². The first-order chi connectivity index (χ1) is 11.8. The summed E-state index contributed by atoms with van der Waals surface area (Å²) in [6.07, 6.45) is 3.62. The second-order valence-electron chi connectivity index (χ2n) is 5.49. The van der Waals surface area contributed by atoms with Crippen LogP contribution in [0.15, 0.2) is 73.1 Å². The summed E-state index contributed by atoms with van der Waals surface area (Å²) in [5, 5.41) is 3.39. The lowest BCUT2D eigenvalue weighted by atomic mass is 10.2. The molecular weight excluding hydrogens is 303 g/mol. The molecular formula is C20H19FN2O. The molecule has 122 valence electrons. The monoisotopic (exact) mass is 322 g/mol. The average molecular weight is 322 g/mol. The van der Waals surface area contributed by atoms with Gasteiger partial charge in [-0.25, -0.2) is 4.39 Å². The number of aromatic nitrogens is 1. The number of hydrogen-bond acceptors (Lipinski definition) is 3. The molecule has 1 N–H and O–H groups in total. The molecule has 0 aliphatic heterocycles. The van der Waals surface area contributed by atoms with E-state index in [2.05, 4.69) is 10.3 Å². The van der Waals surface area contributed by atoms with Crippen LogP contribution < -0.4 is 10.1 Å². The quantitative estimate of drug-likeness (QED) is 0.711. The van der Waals surface area contributed by atoms with Crippen molar-refractivity contribution in [2.24, 2.45) is 0 Å². The fraction of sp³-hybridized carbons (Fsp3) is 0.150. The van der Waals surface area contributed by atoms with Crippen molar-refractivity contribution < 1.29 is 9.13 Å². The molecule has 0 spiro atoms. The number of halogens is 1. The predicted octanol–water partition coefficient (Wildman–Crippen LogP) is 4.09. The zero-order chi connectivity index (χ0) is 16.6. The molecule has 0 saturated carbocycles. The highest BCUT2D eigenvalue weighted by molar-refractivity contribution is 5.33. The number of nitrogens with one attached hydrogen (secondary N) is 1. The van der Waals surface area contributed by atoms with Crippen LogP contribution in [0.25, 0.3) is 0 Å². The van der Waals surface area contributed by atoms with Crippen molar-refractivity contribution in [1.82, 2.24) is 10.3 Å². The maximum Gasteiger partial charge on any atom is 0.124 e. The Kier molecular flexibility index (Phi) is 5.53. The summed E-state index contributed by atoms with van der Waals surface area (Å²) in [4.78, 5) is 4.11. The van der Waals surface area contributed by atoms with E-state index in [1.54, 1.807) is 18.3 Å². The van der Waals surface area contributed by atoms with Crippen molar-refractivity contribution >= 4 is 0 Å². The van der Waals surface area contributed by atoms with Gasteiger partial charge in [-0.2, -0.15) is 0 Å². The number of nitrogens with zero attached hydrogens (tertiary/aromatic N) is 1. The minimum absolute atomic E-state index is 0.237. The molecule has 0 bridgehead atoms. The molecule has 3 aromatic rings. The molecule has 2 aromatic carbocycles. The Bertz CT molecular complexity index is 760. The largest absolute Gasteiger partial charge is 0.489 e. The van der Waals surface area contributed by atoms with Crippen LogP contribution in [0.4, 0.5) is 4.39 Å². The van der Waals surface area contributed by atoms with Crippen LogP contribution in [-0.4, -0.2) is 4.98 Å². The van der Waals surface area contributed by atoms with Crippen LogP contribution in [-0.2, 0) is 19.7 Å². The Morgan fingerprint density at radius 2 is 1.71 bits per heavy atom. The zero-order valence-corrected chi connectivity index (χ0v) is 13.3. The molecule has 0 atom stereocenters.